The molecule has 5 nitrogen and oxygen atoms in total. The Bertz CT molecular complexity index is 642. The molecule has 0 radical (unpaired) electrons. The van der Waals surface area contributed by atoms with Crippen LogP contribution in [-0.2, 0) is 0 Å². The van der Waals surface area contributed by atoms with Crippen molar-refractivity contribution in [3.8, 4) is 5.75 Å². The lowest BCUT2D eigenvalue weighted by molar-refractivity contribution is 0.0925. The Morgan fingerprint density at radius 2 is 1.96 bits per heavy atom. The number of benzene rings is 1. The second-order valence-corrected chi connectivity index (χ2v) is 5.42. The molecule has 0 saturated heterocycles. The summed E-state index contributed by atoms with van der Waals surface area (Å²) in [5, 5.41) is 2.93. The minimum atomic E-state index is -0.471. The zero-order valence-corrected chi connectivity index (χ0v) is 13.4. The second kappa shape index (κ2) is 7.69. The van der Waals surface area contributed by atoms with Crippen molar-refractivity contribution < 1.29 is 13.9 Å². The van der Waals surface area contributed by atoms with E-state index in [1.807, 2.05) is 43.3 Å². The molecule has 1 N–H and O–H groups in total. The summed E-state index contributed by atoms with van der Waals surface area (Å²) in [7, 11) is 5.46. The first-order chi connectivity index (χ1) is 11.0. The summed E-state index contributed by atoms with van der Waals surface area (Å²) in [6, 6.07) is 9.88. The van der Waals surface area contributed by atoms with Crippen LogP contribution in [0.15, 0.2) is 42.6 Å². The van der Waals surface area contributed by atoms with Gasteiger partial charge in [0.05, 0.1) is 19.3 Å². The maximum Gasteiger partial charge on any atom is 0.270 e. The van der Waals surface area contributed by atoms with E-state index in [0.29, 0.717) is 6.54 Å². The molecule has 2 aromatic rings. The van der Waals surface area contributed by atoms with Gasteiger partial charge in [-0.3, -0.25) is 4.79 Å². The molecule has 1 aromatic heterocycles. The number of pyridine rings is 1. The summed E-state index contributed by atoms with van der Waals surface area (Å²) >= 11 is 0. The van der Waals surface area contributed by atoms with Crippen molar-refractivity contribution in [3.05, 3.63) is 59.7 Å². The van der Waals surface area contributed by atoms with E-state index in [-0.39, 0.29) is 17.6 Å². The Morgan fingerprint density at radius 1 is 1.26 bits per heavy atom. The molecule has 1 atom stereocenters. The van der Waals surface area contributed by atoms with Crippen LogP contribution >= 0.6 is 0 Å². The van der Waals surface area contributed by atoms with Crippen LogP contribution < -0.4 is 10.1 Å². The Balaban J connectivity index is 2.17. The highest BCUT2D eigenvalue weighted by Gasteiger charge is 2.17. The molecule has 0 spiro atoms. The molecule has 0 saturated carbocycles. The standard InChI is InChI=1S/C17H20FN3O2/c1-21(2)11-16(12-4-7-14(23-3)8-5-12)20-17(22)15-9-6-13(18)10-19-15/h4-10,16H,11H2,1-3H3,(H,20,22). The van der Waals surface area contributed by atoms with Crippen LogP contribution in [0, 0.1) is 5.82 Å². The number of amides is 1. The van der Waals surface area contributed by atoms with E-state index >= 15 is 0 Å². The molecule has 2 rings (SSSR count). The van der Waals surface area contributed by atoms with Gasteiger partial charge in [0.2, 0.25) is 0 Å². The molecule has 1 aromatic carbocycles. The SMILES string of the molecule is COc1ccc(C(CN(C)C)NC(=O)c2ccc(F)cn2)cc1. The predicted molar refractivity (Wildman–Crippen MR) is 86.0 cm³/mol. The van der Waals surface area contributed by atoms with Crippen molar-refractivity contribution >= 4 is 5.91 Å². The number of nitrogens with zero attached hydrogens (tertiary/aromatic N) is 2. The van der Waals surface area contributed by atoms with Crippen LogP contribution in [-0.4, -0.2) is 43.5 Å². The first kappa shape index (κ1) is 16.9. The van der Waals surface area contributed by atoms with Gasteiger partial charge in [-0.25, -0.2) is 9.37 Å². The van der Waals surface area contributed by atoms with Crippen molar-refractivity contribution in [3.63, 3.8) is 0 Å². The summed E-state index contributed by atoms with van der Waals surface area (Å²) < 4.78 is 18.1. The molecule has 0 aliphatic carbocycles. The van der Waals surface area contributed by atoms with Gasteiger partial charge in [0.15, 0.2) is 0 Å². The van der Waals surface area contributed by atoms with Crippen molar-refractivity contribution in [2.45, 2.75) is 6.04 Å². The Hall–Kier alpha value is -2.47. The van der Waals surface area contributed by atoms with Crippen LogP contribution in [0.25, 0.3) is 0 Å². The van der Waals surface area contributed by atoms with E-state index in [0.717, 1.165) is 17.5 Å². The first-order valence-corrected chi connectivity index (χ1v) is 7.20. The quantitative estimate of drug-likeness (QED) is 0.888. The molecule has 0 bridgehead atoms. The molecule has 122 valence electrons. The Kier molecular flexibility index (Phi) is 5.65. The molecule has 1 amide bonds. The Morgan fingerprint density at radius 3 is 2.48 bits per heavy atom. The fraction of sp³-hybridized carbons (Fsp3) is 0.294. The lowest BCUT2D eigenvalue weighted by atomic mass is 10.1. The summed E-state index contributed by atoms with van der Waals surface area (Å²) in [6.45, 7) is 0.624. The van der Waals surface area contributed by atoms with Crippen LogP contribution in [0.1, 0.15) is 22.1 Å². The highest BCUT2D eigenvalue weighted by Crippen LogP contribution is 2.18. The van der Waals surface area contributed by atoms with Gasteiger partial charge >= 0.3 is 0 Å². The number of rotatable bonds is 6. The fourth-order valence-electron chi connectivity index (χ4n) is 2.18. The van der Waals surface area contributed by atoms with Crippen LogP contribution in [0.2, 0.25) is 0 Å². The minimum absolute atomic E-state index is 0.184. The number of aromatic nitrogens is 1. The van der Waals surface area contributed by atoms with Crippen LogP contribution in [0.4, 0.5) is 4.39 Å². The average molecular weight is 317 g/mol. The number of ether oxygens (including phenoxy) is 1. The van der Waals surface area contributed by atoms with E-state index in [9.17, 15) is 9.18 Å². The van der Waals surface area contributed by atoms with Crippen molar-refractivity contribution in [1.29, 1.82) is 0 Å². The van der Waals surface area contributed by atoms with Gasteiger partial charge in [0.1, 0.15) is 17.3 Å². The van der Waals surface area contributed by atoms with Gasteiger partial charge in [-0.1, -0.05) is 12.1 Å². The summed E-state index contributed by atoms with van der Waals surface area (Å²) in [5.74, 6) is -0.0573. The average Bonchev–Trinajstić information content (AvgIpc) is 2.54. The molecular formula is C17H20FN3O2. The number of halogens is 1. The summed E-state index contributed by atoms with van der Waals surface area (Å²) in [5.41, 5.74) is 1.14. The number of carbonyl (C=O) groups excluding carboxylic acids is 1. The summed E-state index contributed by atoms with van der Waals surface area (Å²) in [6.07, 6.45) is 1.03. The molecule has 0 aliphatic rings. The topological polar surface area (TPSA) is 54.5 Å². The van der Waals surface area contributed by atoms with Gasteiger partial charge < -0.3 is 15.0 Å². The third-order valence-electron chi connectivity index (χ3n) is 3.33. The largest absolute Gasteiger partial charge is 0.497 e. The number of methoxy groups -OCH3 is 1. The lowest BCUT2D eigenvalue weighted by Gasteiger charge is -2.23. The third kappa shape index (κ3) is 4.75. The van der Waals surface area contributed by atoms with Crippen molar-refractivity contribution in [2.75, 3.05) is 27.7 Å². The lowest BCUT2D eigenvalue weighted by Crippen LogP contribution is -2.35. The van der Waals surface area contributed by atoms with Gasteiger partial charge in [-0.15, -0.1) is 0 Å². The highest BCUT2D eigenvalue weighted by atomic mass is 19.1. The van der Waals surface area contributed by atoms with Crippen LogP contribution in [0.3, 0.4) is 0 Å². The maximum absolute atomic E-state index is 12.9. The number of carbonyl (C=O) groups is 1. The van der Waals surface area contributed by atoms with Gasteiger partial charge in [0.25, 0.3) is 5.91 Å². The third-order valence-corrected chi connectivity index (χ3v) is 3.33. The highest BCUT2D eigenvalue weighted by molar-refractivity contribution is 5.92. The van der Waals surface area contributed by atoms with Gasteiger partial charge in [0, 0.05) is 6.54 Å². The molecule has 6 heteroatoms. The summed E-state index contributed by atoms with van der Waals surface area (Å²) in [4.78, 5) is 18.1. The Labute approximate surface area is 135 Å². The van der Waals surface area contributed by atoms with E-state index in [4.69, 9.17) is 4.74 Å². The predicted octanol–water partition coefficient (Wildman–Crippen LogP) is 2.26. The van der Waals surface area contributed by atoms with E-state index in [1.54, 1.807) is 7.11 Å². The second-order valence-electron chi connectivity index (χ2n) is 5.42. The van der Waals surface area contributed by atoms with Crippen molar-refractivity contribution in [2.24, 2.45) is 0 Å². The molecule has 0 fully saturated rings. The number of hydrogen-bond donors (Lipinski definition) is 1. The minimum Gasteiger partial charge on any atom is -0.497 e. The number of hydrogen-bond acceptors (Lipinski definition) is 4. The van der Waals surface area contributed by atoms with E-state index < -0.39 is 5.82 Å². The maximum atomic E-state index is 12.9. The normalized spacial score (nSPS) is 12.0. The van der Waals surface area contributed by atoms with E-state index in [1.165, 1.54) is 12.1 Å². The molecular weight excluding hydrogens is 297 g/mol. The monoisotopic (exact) mass is 317 g/mol. The molecule has 1 heterocycles. The smallest absolute Gasteiger partial charge is 0.270 e. The molecule has 1 unspecified atom stereocenters. The zero-order valence-electron chi connectivity index (χ0n) is 13.4. The van der Waals surface area contributed by atoms with Gasteiger partial charge in [-0.05, 0) is 43.9 Å². The van der Waals surface area contributed by atoms with Crippen LogP contribution in [0.5, 0.6) is 5.75 Å². The van der Waals surface area contributed by atoms with E-state index in [2.05, 4.69) is 10.3 Å². The first-order valence-electron chi connectivity index (χ1n) is 7.20. The van der Waals surface area contributed by atoms with Crippen molar-refractivity contribution in [1.82, 2.24) is 15.2 Å². The molecule has 23 heavy (non-hydrogen) atoms. The number of nitrogens with one attached hydrogen (secondary N) is 1. The zero-order chi connectivity index (χ0) is 16.8. The fourth-order valence-corrected chi connectivity index (χ4v) is 2.18. The molecule has 0 aliphatic heterocycles. The number of likely N-dealkylation sites (N-methyl/N-ethyl adjacent to an activating group) is 1. The van der Waals surface area contributed by atoms with Gasteiger partial charge in [-0.2, -0.15) is 0 Å².